The molecule has 2 aromatic heterocycles. The highest BCUT2D eigenvalue weighted by Gasteiger charge is 2.19. The van der Waals surface area contributed by atoms with Crippen LogP contribution in [0.4, 0.5) is 10.1 Å². The van der Waals surface area contributed by atoms with Crippen molar-refractivity contribution in [1.29, 1.82) is 0 Å². The van der Waals surface area contributed by atoms with Crippen molar-refractivity contribution in [1.82, 2.24) is 14.5 Å². The van der Waals surface area contributed by atoms with Gasteiger partial charge in [-0.1, -0.05) is 6.07 Å². The van der Waals surface area contributed by atoms with E-state index in [1.807, 2.05) is 6.92 Å². The molecule has 24 heavy (non-hydrogen) atoms. The molecule has 3 aromatic rings. The summed E-state index contributed by atoms with van der Waals surface area (Å²) < 4.78 is 42.6. The van der Waals surface area contributed by atoms with Crippen molar-refractivity contribution < 1.29 is 12.8 Å². The summed E-state index contributed by atoms with van der Waals surface area (Å²) in [7, 11) is -4.02. The van der Waals surface area contributed by atoms with E-state index >= 15 is 0 Å². The number of halogens is 1. The summed E-state index contributed by atoms with van der Waals surface area (Å²) in [4.78, 5) is 7.90. The summed E-state index contributed by atoms with van der Waals surface area (Å²) in [6, 6.07) is 7.17. The van der Waals surface area contributed by atoms with E-state index in [0.29, 0.717) is 11.4 Å². The lowest BCUT2D eigenvalue weighted by atomic mass is 10.2. The molecule has 0 unspecified atom stereocenters. The summed E-state index contributed by atoms with van der Waals surface area (Å²) in [5.41, 5.74) is 0.893. The third kappa shape index (κ3) is 3.13. The van der Waals surface area contributed by atoms with Crippen LogP contribution >= 0.6 is 0 Å². The van der Waals surface area contributed by atoms with Crippen LogP contribution in [0.25, 0.3) is 5.82 Å². The molecule has 3 rings (SSSR count). The number of aryl methyl sites for hydroxylation is 2. The molecule has 0 aliphatic rings. The topological polar surface area (TPSA) is 76.9 Å². The zero-order valence-electron chi connectivity index (χ0n) is 13.1. The Bertz CT molecular complexity index is 982. The van der Waals surface area contributed by atoms with Gasteiger partial charge in [-0.05, 0) is 43.7 Å². The van der Waals surface area contributed by atoms with E-state index in [1.54, 1.807) is 42.1 Å². The molecule has 0 saturated heterocycles. The van der Waals surface area contributed by atoms with Crippen LogP contribution < -0.4 is 4.72 Å². The van der Waals surface area contributed by atoms with Gasteiger partial charge in [0.1, 0.15) is 22.4 Å². The van der Waals surface area contributed by atoms with Gasteiger partial charge < -0.3 is 0 Å². The van der Waals surface area contributed by atoms with E-state index < -0.39 is 20.7 Å². The lowest BCUT2D eigenvalue weighted by Crippen LogP contribution is -2.15. The van der Waals surface area contributed by atoms with E-state index in [2.05, 4.69) is 14.7 Å². The first-order chi connectivity index (χ1) is 11.4. The van der Waals surface area contributed by atoms with Gasteiger partial charge in [-0.15, -0.1) is 0 Å². The monoisotopic (exact) mass is 346 g/mol. The molecule has 124 valence electrons. The molecule has 0 fully saturated rings. The lowest BCUT2D eigenvalue weighted by molar-refractivity contribution is 0.569. The zero-order valence-corrected chi connectivity index (χ0v) is 13.9. The van der Waals surface area contributed by atoms with Crippen molar-refractivity contribution >= 4 is 15.7 Å². The van der Waals surface area contributed by atoms with Gasteiger partial charge in [0.15, 0.2) is 0 Å². The Labute approximate surface area is 139 Å². The summed E-state index contributed by atoms with van der Waals surface area (Å²) in [5, 5.41) is 0. The van der Waals surface area contributed by atoms with Crippen molar-refractivity contribution in [2.24, 2.45) is 0 Å². The van der Waals surface area contributed by atoms with Crippen molar-refractivity contribution in [3.05, 3.63) is 66.1 Å². The van der Waals surface area contributed by atoms with E-state index in [1.165, 1.54) is 18.3 Å². The van der Waals surface area contributed by atoms with Crippen molar-refractivity contribution in [2.75, 3.05) is 4.72 Å². The molecule has 2 heterocycles. The van der Waals surface area contributed by atoms with Crippen LogP contribution in [-0.2, 0) is 10.0 Å². The first kappa shape index (κ1) is 16.1. The quantitative estimate of drug-likeness (QED) is 0.788. The number of hydrogen-bond donors (Lipinski definition) is 1. The molecular weight excluding hydrogens is 331 g/mol. The first-order valence-corrected chi connectivity index (χ1v) is 8.60. The second kappa shape index (κ2) is 6.04. The number of nitrogens with one attached hydrogen (secondary N) is 1. The molecule has 0 saturated carbocycles. The minimum atomic E-state index is -4.02. The van der Waals surface area contributed by atoms with Crippen LogP contribution in [0.2, 0.25) is 0 Å². The molecular formula is C16H15FN4O2S. The van der Waals surface area contributed by atoms with Crippen LogP contribution in [0.5, 0.6) is 0 Å². The fourth-order valence-electron chi connectivity index (χ4n) is 2.24. The van der Waals surface area contributed by atoms with Gasteiger partial charge in [0.2, 0.25) is 0 Å². The maximum atomic E-state index is 13.9. The van der Waals surface area contributed by atoms with Gasteiger partial charge in [-0.2, -0.15) is 0 Å². The van der Waals surface area contributed by atoms with E-state index in [4.69, 9.17) is 0 Å². The Morgan fingerprint density at radius 3 is 2.50 bits per heavy atom. The predicted octanol–water partition coefficient (Wildman–Crippen LogP) is 2.82. The highest BCUT2D eigenvalue weighted by Crippen LogP contribution is 2.20. The molecule has 1 aromatic carbocycles. The summed E-state index contributed by atoms with van der Waals surface area (Å²) >= 11 is 0. The van der Waals surface area contributed by atoms with Crippen LogP contribution in [0.1, 0.15) is 11.4 Å². The third-order valence-electron chi connectivity index (χ3n) is 3.45. The molecule has 0 spiro atoms. The Kier molecular flexibility index (Phi) is 4.06. The molecule has 8 heteroatoms. The molecule has 0 bridgehead atoms. The Balaban J connectivity index is 1.86. The van der Waals surface area contributed by atoms with Crippen LogP contribution in [0.15, 0.2) is 53.8 Å². The maximum absolute atomic E-state index is 13.9. The van der Waals surface area contributed by atoms with E-state index in [-0.39, 0.29) is 5.69 Å². The van der Waals surface area contributed by atoms with Crippen molar-refractivity contribution in [3.8, 4) is 5.82 Å². The number of aromatic nitrogens is 3. The van der Waals surface area contributed by atoms with Gasteiger partial charge in [0, 0.05) is 12.4 Å². The molecule has 0 aliphatic heterocycles. The third-order valence-corrected chi connectivity index (χ3v) is 4.86. The van der Waals surface area contributed by atoms with Gasteiger partial charge in [-0.25, -0.2) is 22.8 Å². The summed E-state index contributed by atoms with van der Waals surface area (Å²) in [5.74, 6) is 0.577. The fourth-order valence-corrected chi connectivity index (χ4v) is 3.35. The first-order valence-electron chi connectivity index (χ1n) is 7.12. The van der Waals surface area contributed by atoms with Crippen LogP contribution in [0, 0.1) is 19.7 Å². The second-order valence-corrected chi connectivity index (χ2v) is 6.94. The maximum Gasteiger partial charge on any atom is 0.264 e. The second-order valence-electron chi connectivity index (χ2n) is 5.29. The fraction of sp³-hybridized carbons (Fsp3) is 0.125. The lowest BCUT2D eigenvalue weighted by Gasteiger charge is -2.10. The molecule has 0 aliphatic carbocycles. The van der Waals surface area contributed by atoms with Crippen molar-refractivity contribution in [3.63, 3.8) is 0 Å². The average molecular weight is 346 g/mol. The molecule has 6 nitrogen and oxygen atoms in total. The van der Waals surface area contributed by atoms with Crippen molar-refractivity contribution in [2.45, 2.75) is 18.7 Å². The Morgan fingerprint density at radius 2 is 1.92 bits per heavy atom. The Hall–Kier alpha value is -2.74. The molecule has 1 N–H and O–H groups in total. The average Bonchev–Trinajstić information content (AvgIpc) is 2.93. The smallest absolute Gasteiger partial charge is 0.264 e. The largest absolute Gasteiger partial charge is 0.288 e. The van der Waals surface area contributed by atoms with Gasteiger partial charge in [0.05, 0.1) is 11.9 Å². The number of rotatable bonds is 4. The standard InChI is InChI=1S/C16H15FN4O2S/c1-11-3-5-15(14(17)9-11)24(22,23)20-13-4-6-16(19-10-13)21-8-7-18-12(21)2/h3-10,20H,1-2H3. The Morgan fingerprint density at radius 1 is 1.12 bits per heavy atom. The zero-order chi connectivity index (χ0) is 17.3. The summed E-state index contributed by atoms with van der Waals surface area (Å²) in [6.45, 7) is 3.52. The molecule has 0 amide bonds. The highest BCUT2D eigenvalue weighted by atomic mass is 32.2. The number of hydrogen-bond acceptors (Lipinski definition) is 4. The normalized spacial score (nSPS) is 11.5. The van der Waals surface area contributed by atoms with E-state index in [0.717, 1.165) is 5.82 Å². The van der Waals surface area contributed by atoms with Gasteiger partial charge in [-0.3, -0.25) is 9.29 Å². The number of imidazole rings is 1. The van der Waals surface area contributed by atoms with Gasteiger partial charge >= 0.3 is 0 Å². The van der Waals surface area contributed by atoms with E-state index in [9.17, 15) is 12.8 Å². The molecule has 0 atom stereocenters. The SMILES string of the molecule is Cc1ccc(S(=O)(=O)Nc2ccc(-n3ccnc3C)nc2)c(F)c1. The highest BCUT2D eigenvalue weighted by molar-refractivity contribution is 7.92. The summed E-state index contributed by atoms with van der Waals surface area (Å²) in [6.07, 6.45) is 4.77. The minimum absolute atomic E-state index is 0.247. The molecule has 0 radical (unpaired) electrons. The van der Waals surface area contributed by atoms with Crippen LogP contribution in [0.3, 0.4) is 0 Å². The van der Waals surface area contributed by atoms with Crippen LogP contribution in [-0.4, -0.2) is 23.0 Å². The number of benzene rings is 1. The number of anilines is 1. The minimum Gasteiger partial charge on any atom is -0.288 e. The number of pyridine rings is 1. The predicted molar refractivity (Wildman–Crippen MR) is 88.0 cm³/mol. The number of sulfonamides is 1. The van der Waals surface area contributed by atoms with Gasteiger partial charge in [0.25, 0.3) is 10.0 Å². The number of nitrogens with zero attached hydrogens (tertiary/aromatic N) is 3.